The molecule has 250 valence electrons. The minimum absolute atomic E-state index is 0.0985. The lowest BCUT2D eigenvalue weighted by Crippen LogP contribution is -2.49. The summed E-state index contributed by atoms with van der Waals surface area (Å²) in [7, 11) is -4.11. The van der Waals surface area contributed by atoms with Gasteiger partial charge < -0.3 is 14.7 Å². The van der Waals surface area contributed by atoms with Crippen molar-refractivity contribution >= 4 is 33.2 Å². The van der Waals surface area contributed by atoms with E-state index in [1.54, 1.807) is 30.4 Å². The second kappa shape index (κ2) is 15.1. The zero-order valence-electron chi connectivity index (χ0n) is 26.7. The molecule has 0 saturated heterocycles. The van der Waals surface area contributed by atoms with Crippen LogP contribution < -0.4 is 14.4 Å². The number of aliphatic hydroxyl groups excluding tert-OH is 1. The highest BCUT2D eigenvalue weighted by Gasteiger charge is 2.44. The van der Waals surface area contributed by atoms with Crippen LogP contribution in [-0.2, 0) is 21.9 Å². The van der Waals surface area contributed by atoms with Gasteiger partial charge in [0, 0.05) is 29.1 Å². The molecule has 3 aliphatic rings. The third kappa shape index (κ3) is 7.77. The van der Waals surface area contributed by atoms with Crippen molar-refractivity contribution < 1.29 is 23.1 Å². The lowest BCUT2D eigenvalue weighted by Gasteiger charge is -2.45. The number of carbonyl (C=O) groups is 1. The van der Waals surface area contributed by atoms with Gasteiger partial charge in [-0.3, -0.25) is 4.79 Å². The second-order valence-corrected chi connectivity index (χ2v) is 15.5. The van der Waals surface area contributed by atoms with Crippen molar-refractivity contribution in [3.63, 3.8) is 0 Å². The summed E-state index contributed by atoms with van der Waals surface area (Å²) in [5.41, 5.74) is 3.02. The highest BCUT2D eigenvalue weighted by molar-refractivity contribution is 7.90. The van der Waals surface area contributed by atoms with Gasteiger partial charge in [0.2, 0.25) is 10.0 Å². The van der Waals surface area contributed by atoms with Crippen molar-refractivity contribution in [3.05, 3.63) is 95.6 Å². The summed E-state index contributed by atoms with van der Waals surface area (Å²) in [5, 5.41) is 19.9. The van der Waals surface area contributed by atoms with Crippen molar-refractivity contribution in [1.82, 2.24) is 4.72 Å². The standard InChI is InChI=1S/C37H44ClN3O5S/c1-3-5-7-11-34(42)31-15-12-28(31)23-41-24-37(19-8-9-26-21-29(38)14-16-32(26)37)25-46-35-17-13-27(22-33(35)41)36(43)40-47(44,45)30(18-20-39)10-6-4-2/h3-4,7,11,13-14,16-17,21-22,28,30-31,34,42H,1-2,5-6,8-10,12,15,18-19,23-25H2,(H,40,43)/b11-7+/t28-,30+,31+,34-,37-/m0/s1. The van der Waals surface area contributed by atoms with Crippen LogP contribution in [0.3, 0.4) is 0 Å². The molecular formula is C37H44ClN3O5S. The first-order valence-corrected chi connectivity index (χ1v) is 18.3. The first-order chi connectivity index (χ1) is 22.6. The van der Waals surface area contributed by atoms with Crippen molar-refractivity contribution in [3.8, 4) is 11.8 Å². The zero-order valence-corrected chi connectivity index (χ0v) is 28.3. The number of benzene rings is 2. The van der Waals surface area contributed by atoms with Gasteiger partial charge in [0.15, 0.2) is 0 Å². The Labute approximate surface area is 283 Å². The summed E-state index contributed by atoms with van der Waals surface area (Å²) in [6.45, 7) is 9.12. The van der Waals surface area contributed by atoms with E-state index in [1.807, 2.05) is 30.4 Å². The number of allylic oxidation sites excluding steroid dienone is 3. The number of ether oxygens (including phenoxy) is 1. The molecule has 5 atom stereocenters. The molecule has 2 N–H and O–H groups in total. The van der Waals surface area contributed by atoms with Gasteiger partial charge in [0.05, 0.1) is 36.1 Å². The molecule has 2 aromatic carbocycles. The van der Waals surface area contributed by atoms with Gasteiger partial charge in [-0.2, -0.15) is 5.26 Å². The molecule has 0 unspecified atom stereocenters. The summed E-state index contributed by atoms with van der Waals surface area (Å²) in [5.74, 6) is 0.179. The molecule has 8 nitrogen and oxygen atoms in total. The Morgan fingerprint density at radius 2 is 2.06 bits per heavy atom. The Morgan fingerprint density at radius 3 is 2.79 bits per heavy atom. The Kier molecular flexibility index (Phi) is 11.2. The SMILES string of the molecule is C=CC/C=C/[C@H](O)[C@@H]1CC[C@H]1CN1C[C@@]2(CCCc3cc(Cl)ccc32)COc2ccc(C(=O)NS(=O)(=O)[C@@H](CC#N)CCC=C)cc21. The summed E-state index contributed by atoms with van der Waals surface area (Å²) in [4.78, 5) is 15.7. The first-order valence-electron chi connectivity index (χ1n) is 16.4. The number of carbonyl (C=O) groups excluding carboxylic acids is 1. The number of nitrogens with one attached hydrogen (secondary N) is 1. The van der Waals surface area contributed by atoms with Gasteiger partial charge in [-0.25, -0.2) is 13.1 Å². The summed E-state index contributed by atoms with van der Waals surface area (Å²) in [6.07, 6.45) is 12.4. The van der Waals surface area contributed by atoms with Gasteiger partial charge >= 0.3 is 0 Å². The molecule has 1 heterocycles. The van der Waals surface area contributed by atoms with E-state index in [0.29, 0.717) is 43.3 Å². The molecule has 1 fully saturated rings. The van der Waals surface area contributed by atoms with Gasteiger partial charge in [-0.1, -0.05) is 42.0 Å². The maximum atomic E-state index is 13.5. The molecular weight excluding hydrogens is 634 g/mol. The Morgan fingerprint density at radius 1 is 1.23 bits per heavy atom. The topological polar surface area (TPSA) is 120 Å². The molecule has 1 spiro atoms. The molecule has 10 heteroatoms. The van der Waals surface area contributed by atoms with Crippen LogP contribution in [0.25, 0.3) is 0 Å². The minimum Gasteiger partial charge on any atom is -0.490 e. The van der Waals surface area contributed by atoms with E-state index in [2.05, 4.69) is 28.8 Å². The van der Waals surface area contributed by atoms with Gasteiger partial charge in [-0.05, 0) is 105 Å². The fraction of sp³-hybridized carbons (Fsp3) is 0.459. The van der Waals surface area contributed by atoms with Gasteiger partial charge in [0.1, 0.15) is 5.75 Å². The number of aliphatic hydroxyl groups is 1. The average Bonchev–Trinajstić information content (AvgIpc) is 3.18. The molecule has 5 rings (SSSR count). The molecule has 1 amide bonds. The molecule has 2 aromatic rings. The van der Waals surface area contributed by atoms with Gasteiger partial charge in [-0.15, -0.1) is 13.2 Å². The van der Waals surface area contributed by atoms with Crippen molar-refractivity contribution in [1.29, 1.82) is 5.26 Å². The smallest absolute Gasteiger partial charge is 0.264 e. The molecule has 0 radical (unpaired) electrons. The van der Waals surface area contributed by atoms with Crippen LogP contribution >= 0.6 is 11.6 Å². The predicted molar refractivity (Wildman–Crippen MR) is 186 cm³/mol. The third-order valence-corrected chi connectivity index (χ3v) is 12.0. The lowest BCUT2D eigenvalue weighted by atomic mass is 9.68. The molecule has 2 aliphatic carbocycles. The van der Waals surface area contributed by atoms with E-state index in [1.165, 1.54) is 11.1 Å². The zero-order chi connectivity index (χ0) is 33.6. The maximum Gasteiger partial charge on any atom is 0.264 e. The van der Waals surface area contributed by atoms with Crippen molar-refractivity contribution in [2.45, 2.75) is 74.6 Å². The maximum absolute atomic E-state index is 13.5. The Bertz CT molecular complexity index is 1670. The van der Waals surface area contributed by atoms with Crippen LogP contribution in [0.5, 0.6) is 5.75 Å². The van der Waals surface area contributed by atoms with Gasteiger partial charge in [0.25, 0.3) is 5.91 Å². The van der Waals surface area contributed by atoms with Crippen LogP contribution in [0.2, 0.25) is 5.02 Å². The van der Waals surface area contributed by atoms with E-state index >= 15 is 0 Å². The highest BCUT2D eigenvalue weighted by atomic mass is 35.5. The number of halogens is 1. The van der Waals surface area contributed by atoms with E-state index in [9.17, 15) is 23.6 Å². The number of hydrogen-bond donors (Lipinski definition) is 2. The van der Waals surface area contributed by atoms with E-state index in [4.69, 9.17) is 16.3 Å². The Hall–Kier alpha value is -3.58. The van der Waals surface area contributed by atoms with E-state index < -0.39 is 27.3 Å². The number of fused-ring (bicyclic) bond motifs is 3. The van der Waals surface area contributed by atoms with Crippen molar-refractivity contribution in [2.24, 2.45) is 11.8 Å². The fourth-order valence-corrected chi connectivity index (χ4v) is 8.79. The number of hydrogen-bond acceptors (Lipinski definition) is 7. The fourth-order valence-electron chi connectivity index (χ4n) is 7.31. The summed E-state index contributed by atoms with van der Waals surface area (Å²) < 4.78 is 35.1. The molecule has 47 heavy (non-hydrogen) atoms. The minimum atomic E-state index is -4.11. The number of amides is 1. The molecule has 1 aliphatic heterocycles. The number of rotatable bonds is 13. The third-order valence-electron chi connectivity index (χ3n) is 9.99. The van der Waals surface area contributed by atoms with Crippen LogP contribution in [0.1, 0.15) is 72.9 Å². The number of nitrogens with zero attached hydrogens (tertiary/aromatic N) is 2. The largest absolute Gasteiger partial charge is 0.490 e. The summed E-state index contributed by atoms with van der Waals surface area (Å²) in [6, 6.07) is 13.0. The van der Waals surface area contributed by atoms with Crippen LogP contribution in [0.4, 0.5) is 5.69 Å². The molecule has 0 bridgehead atoms. The van der Waals surface area contributed by atoms with Crippen LogP contribution in [0.15, 0.2) is 73.9 Å². The normalized spacial score (nSPS) is 23.3. The highest BCUT2D eigenvalue weighted by Crippen LogP contribution is 2.46. The average molecular weight is 678 g/mol. The number of anilines is 1. The Balaban J connectivity index is 1.47. The number of aryl methyl sites for hydroxylation is 1. The lowest BCUT2D eigenvalue weighted by molar-refractivity contribution is 0.0456. The first kappa shape index (κ1) is 34.7. The number of sulfonamides is 1. The van der Waals surface area contributed by atoms with E-state index in [-0.39, 0.29) is 35.7 Å². The van der Waals surface area contributed by atoms with Crippen LogP contribution in [0, 0.1) is 23.2 Å². The van der Waals surface area contributed by atoms with Crippen molar-refractivity contribution in [2.75, 3.05) is 24.6 Å². The number of nitriles is 1. The van der Waals surface area contributed by atoms with E-state index in [0.717, 1.165) is 37.8 Å². The summed E-state index contributed by atoms with van der Waals surface area (Å²) >= 11 is 6.40. The second-order valence-electron chi connectivity index (χ2n) is 13.1. The quantitative estimate of drug-likeness (QED) is 0.228. The molecule has 1 saturated carbocycles. The molecule has 0 aromatic heterocycles. The predicted octanol–water partition coefficient (Wildman–Crippen LogP) is 6.64. The van der Waals surface area contributed by atoms with Crippen LogP contribution in [-0.4, -0.2) is 50.5 Å². The monoisotopic (exact) mass is 677 g/mol.